The standard InChI is InChI=1S/C29H29ClO2S/c1-2-3-4-5-6-11-28(31)23-15-19-25(20-16-23)33-24-17-12-22(13-18-24)14-21-29(32)26-9-7-8-10-27(26)30/h7-10,12-21H,2-6,11H2,1H3. The van der Waals surface area contributed by atoms with Crippen molar-refractivity contribution in [2.24, 2.45) is 0 Å². The molecular weight excluding hydrogens is 448 g/mol. The van der Waals surface area contributed by atoms with Crippen molar-refractivity contribution in [3.05, 3.63) is 101 Å². The first-order valence-electron chi connectivity index (χ1n) is 11.4. The molecule has 3 rings (SSSR count). The summed E-state index contributed by atoms with van der Waals surface area (Å²) < 4.78 is 0. The Kier molecular flexibility index (Phi) is 9.99. The minimum absolute atomic E-state index is 0.116. The Morgan fingerprint density at radius 2 is 1.45 bits per heavy atom. The molecule has 0 fully saturated rings. The second-order valence-corrected chi connectivity index (χ2v) is 9.51. The summed E-state index contributed by atoms with van der Waals surface area (Å²) in [5, 5.41) is 0.457. The van der Waals surface area contributed by atoms with Crippen molar-refractivity contribution in [3.63, 3.8) is 0 Å². The molecule has 33 heavy (non-hydrogen) atoms. The number of carbonyl (C=O) groups excluding carboxylic acids is 2. The molecule has 0 aliphatic rings. The lowest BCUT2D eigenvalue weighted by molar-refractivity contribution is 0.0978. The van der Waals surface area contributed by atoms with Crippen molar-refractivity contribution < 1.29 is 9.59 Å². The average Bonchev–Trinajstić information content (AvgIpc) is 2.84. The van der Waals surface area contributed by atoms with Crippen molar-refractivity contribution in [1.29, 1.82) is 0 Å². The lowest BCUT2D eigenvalue weighted by atomic mass is 10.0. The van der Waals surface area contributed by atoms with Crippen molar-refractivity contribution in [1.82, 2.24) is 0 Å². The smallest absolute Gasteiger partial charge is 0.187 e. The number of hydrogen-bond acceptors (Lipinski definition) is 3. The lowest BCUT2D eigenvalue weighted by Gasteiger charge is -2.05. The van der Waals surface area contributed by atoms with Crippen molar-refractivity contribution in [3.8, 4) is 0 Å². The van der Waals surface area contributed by atoms with E-state index in [4.69, 9.17) is 11.6 Å². The minimum atomic E-state index is -0.116. The topological polar surface area (TPSA) is 34.1 Å². The number of benzene rings is 3. The number of unbranched alkanes of at least 4 members (excludes halogenated alkanes) is 4. The third-order valence-corrected chi connectivity index (χ3v) is 6.71. The first kappa shape index (κ1) is 25.0. The summed E-state index contributed by atoms with van der Waals surface area (Å²) in [6.45, 7) is 2.20. The van der Waals surface area contributed by atoms with Gasteiger partial charge in [0.15, 0.2) is 11.6 Å². The molecule has 0 saturated heterocycles. The molecule has 0 atom stereocenters. The number of carbonyl (C=O) groups is 2. The molecule has 2 nitrogen and oxygen atoms in total. The predicted octanol–water partition coefficient (Wildman–Crippen LogP) is 8.93. The van der Waals surface area contributed by atoms with Crippen LogP contribution in [0.2, 0.25) is 5.02 Å². The van der Waals surface area contributed by atoms with Gasteiger partial charge in [0.25, 0.3) is 0 Å². The molecule has 0 aliphatic heterocycles. The second kappa shape index (κ2) is 13.2. The van der Waals surface area contributed by atoms with Crippen LogP contribution in [0.5, 0.6) is 0 Å². The van der Waals surface area contributed by atoms with E-state index < -0.39 is 0 Å². The Bertz CT molecular complexity index is 1090. The number of halogens is 1. The molecule has 0 aliphatic carbocycles. The maximum absolute atomic E-state index is 12.4. The number of Topliss-reactive ketones (excluding diaryl/α,β-unsaturated/α-hetero) is 1. The first-order valence-corrected chi connectivity index (χ1v) is 12.6. The van der Waals surface area contributed by atoms with Crippen molar-refractivity contribution in [2.45, 2.75) is 55.2 Å². The highest BCUT2D eigenvalue weighted by molar-refractivity contribution is 7.99. The van der Waals surface area contributed by atoms with Gasteiger partial charge in [-0.2, -0.15) is 0 Å². The van der Waals surface area contributed by atoms with Gasteiger partial charge in [-0.25, -0.2) is 0 Å². The summed E-state index contributed by atoms with van der Waals surface area (Å²) in [6, 6.07) is 22.9. The summed E-state index contributed by atoms with van der Waals surface area (Å²) in [5.74, 6) is 0.111. The molecule has 3 aromatic rings. The Morgan fingerprint density at radius 1 is 0.818 bits per heavy atom. The van der Waals surface area contributed by atoms with Gasteiger partial charge in [-0.3, -0.25) is 9.59 Å². The van der Waals surface area contributed by atoms with E-state index in [1.807, 2.05) is 48.5 Å². The Morgan fingerprint density at radius 3 is 2.12 bits per heavy atom. The van der Waals surface area contributed by atoms with E-state index in [0.29, 0.717) is 17.0 Å². The monoisotopic (exact) mass is 476 g/mol. The number of hydrogen-bond donors (Lipinski definition) is 0. The van der Waals surface area contributed by atoms with Crippen molar-refractivity contribution in [2.75, 3.05) is 0 Å². The van der Waals surface area contributed by atoms with Crippen LogP contribution in [0.3, 0.4) is 0 Å². The van der Waals surface area contributed by atoms with E-state index in [1.54, 1.807) is 48.2 Å². The Hall–Kier alpha value is -2.62. The fourth-order valence-corrected chi connectivity index (χ4v) is 4.49. The first-order chi connectivity index (χ1) is 16.1. The second-order valence-electron chi connectivity index (χ2n) is 7.96. The van der Waals surface area contributed by atoms with E-state index >= 15 is 0 Å². The zero-order valence-electron chi connectivity index (χ0n) is 18.9. The molecule has 0 bridgehead atoms. The fraction of sp³-hybridized carbons (Fsp3) is 0.241. The molecule has 0 N–H and O–H groups in total. The van der Waals surface area contributed by atoms with Gasteiger partial charge in [-0.15, -0.1) is 0 Å². The van der Waals surface area contributed by atoms with Gasteiger partial charge >= 0.3 is 0 Å². The van der Waals surface area contributed by atoms with E-state index in [0.717, 1.165) is 33.8 Å². The number of rotatable bonds is 12. The van der Waals surface area contributed by atoms with Crippen LogP contribution >= 0.6 is 23.4 Å². The number of allylic oxidation sites excluding steroid dienone is 1. The maximum Gasteiger partial charge on any atom is 0.187 e. The van der Waals surface area contributed by atoms with Gasteiger partial charge in [0.05, 0.1) is 5.02 Å². The van der Waals surface area contributed by atoms with Crippen LogP contribution in [0.1, 0.15) is 71.7 Å². The average molecular weight is 477 g/mol. The highest BCUT2D eigenvalue weighted by atomic mass is 35.5. The van der Waals surface area contributed by atoms with Crippen LogP contribution in [0.4, 0.5) is 0 Å². The quantitative estimate of drug-likeness (QED) is 0.148. The fourth-order valence-electron chi connectivity index (χ4n) is 3.45. The third-order valence-electron chi connectivity index (χ3n) is 5.37. The molecule has 0 spiro atoms. The molecule has 3 aromatic carbocycles. The molecule has 0 saturated carbocycles. The van der Waals surface area contributed by atoms with Crippen LogP contribution < -0.4 is 0 Å². The summed E-state index contributed by atoms with van der Waals surface area (Å²) in [4.78, 5) is 26.9. The normalized spacial score (nSPS) is 11.1. The van der Waals surface area contributed by atoms with Gasteiger partial charge in [0, 0.05) is 27.3 Å². The summed E-state index contributed by atoms with van der Waals surface area (Å²) in [7, 11) is 0. The van der Waals surface area contributed by atoms with Gasteiger partial charge in [-0.1, -0.05) is 98.4 Å². The maximum atomic E-state index is 12.4. The molecular formula is C29H29ClO2S. The summed E-state index contributed by atoms with van der Waals surface area (Å²) in [6.07, 6.45) is 9.75. The van der Waals surface area contributed by atoms with Gasteiger partial charge < -0.3 is 0 Å². The molecule has 0 unspecified atom stereocenters. The molecule has 170 valence electrons. The van der Waals surface area contributed by atoms with E-state index in [-0.39, 0.29) is 11.6 Å². The van der Waals surface area contributed by atoms with E-state index in [9.17, 15) is 9.59 Å². The lowest BCUT2D eigenvalue weighted by Crippen LogP contribution is -1.98. The Balaban J connectivity index is 1.52. The van der Waals surface area contributed by atoms with E-state index in [2.05, 4.69) is 6.92 Å². The highest BCUT2D eigenvalue weighted by Crippen LogP contribution is 2.28. The Labute approximate surface area is 206 Å². The number of ketones is 2. The van der Waals surface area contributed by atoms with Crippen LogP contribution in [0, 0.1) is 0 Å². The van der Waals surface area contributed by atoms with Crippen LogP contribution in [-0.2, 0) is 0 Å². The van der Waals surface area contributed by atoms with Crippen LogP contribution in [0.15, 0.2) is 88.7 Å². The summed E-state index contributed by atoms with van der Waals surface area (Å²) in [5.41, 5.74) is 2.24. The highest BCUT2D eigenvalue weighted by Gasteiger charge is 2.07. The molecule has 0 amide bonds. The van der Waals surface area contributed by atoms with E-state index in [1.165, 1.54) is 19.3 Å². The minimum Gasteiger partial charge on any atom is -0.294 e. The SMILES string of the molecule is CCCCCCCC(=O)c1ccc(Sc2ccc(C=CC(=O)c3ccccc3Cl)cc2)cc1. The summed E-state index contributed by atoms with van der Waals surface area (Å²) >= 11 is 7.74. The van der Waals surface area contributed by atoms with Gasteiger partial charge in [0.1, 0.15) is 0 Å². The molecule has 0 aromatic heterocycles. The molecule has 0 heterocycles. The predicted molar refractivity (Wildman–Crippen MR) is 140 cm³/mol. The largest absolute Gasteiger partial charge is 0.294 e. The van der Waals surface area contributed by atoms with Gasteiger partial charge in [0.2, 0.25) is 0 Å². The zero-order chi connectivity index (χ0) is 23.5. The van der Waals surface area contributed by atoms with Crippen molar-refractivity contribution >= 4 is 41.0 Å². The molecule has 4 heteroatoms. The zero-order valence-corrected chi connectivity index (χ0v) is 20.5. The van der Waals surface area contributed by atoms with Crippen LogP contribution in [-0.4, -0.2) is 11.6 Å². The molecule has 0 radical (unpaired) electrons. The third kappa shape index (κ3) is 8.03. The van der Waals surface area contributed by atoms with Gasteiger partial charge in [-0.05, 0) is 54.5 Å². The van der Waals surface area contributed by atoms with Crippen LogP contribution in [0.25, 0.3) is 6.08 Å².